The second-order valence-corrected chi connectivity index (χ2v) is 7.26. The molecule has 0 atom stereocenters. The molecule has 0 bridgehead atoms. The summed E-state index contributed by atoms with van der Waals surface area (Å²) in [5.74, 6) is 0.118. The van der Waals surface area contributed by atoms with E-state index < -0.39 is 0 Å². The SMILES string of the molecule is Cc1cc(NC(=O)CSc2nnnn2-c2ccccc2C)ccc1Br. The molecule has 3 rings (SSSR count). The van der Waals surface area contributed by atoms with Crippen molar-refractivity contribution in [2.24, 2.45) is 0 Å². The number of tetrazole rings is 1. The number of hydrogen-bond acceptors (Lipinski definition) is 5. The van der Waals surface area contributed by atoms with Gasteiger partial charge in [-0.1, -0.05) is 45.9 Å². The molecule has 0 fully saturated rings. The van der Waals surface area contributed by atoms with E-state index in [0.29, 0.717) is 5.16 Å². The average molecular weight is 418 g/mol. The number of carbonyl (C=O) groups excluding carboxylic acids is 1. The molecule has 128 valence electrons. The van der Waals surface area contributed by atoms with Crippen molar-refractivity contribution in [3.8, 4) is 5.69 Å². The van der Waals surface area contributed by atoms with Crippen molar-refractivity contribution in [3.63, 3.8) is 0 Å². The number of para-hydroxylation sites is 1. The van der Waals surface area contributed by atoms with Gasteiger partial charge >= 0.3 is 0 Å². The fourth-order valence-electron chi connectivity index (χ4n) is 2.27. The number of benzene rings is 2. The summed E-state index contributed by atoms with van der Waals surface area (Å²) in [7, 11) is 0. The summed E-state index contributed by atoms with van der Waals surface area (Å²) in [5, 5.41) is 15.2. The molecule has 0 aliphatic rings. The molecule has 1 N–H and O–H groups in total. The van der Waals surface area contributed by atoms with Gasteiger partial charge in [-0.3, -0.25) is 4.79 Å². The van der Waals surface area contributed by atoms with Gasteiger partial charge < -0.3 is 5.32 Å². The first-order valence-corrected chi connectivity index (χ1v) is 9.35. The highest BCUT2D eigenvalue weighted by atomic mass is 79.9. The van der Waals surface area contributed by atoms with Gasteiger partial charge in [-0.05, 0) is 59.7 Å². The van der Waals surface area contributed by atoms with Gasteiger partial charge in [0.15, 0.2) is 0 Å². The molecule has 25 heavy (non-hydrogen) atoms. The van der Waals surface area contributed by atoms with Gasteiger partial charge in [-0.15, -0.1) is 5.10 Å². The fraction of sp³-hybridized carbons (Fsp3) is 0.176. The molecule has 8 heteroatoms. The lowest BCUT2D eigenvalue weighted by atomic mass is 10.2. The van der Waals surface area contributed by atoms with Crippen LogP contribution in [0, 0.1) is 13.8 Å². The predicted molar refractivity (Wildman–Crippen MR) is 102 cm³/mol. The number of hydrogen-bond donors (Lipinski definition) is 1. The second-order valence-electron chi connectivity index (χ2n) is 5.46. The van der Waals surface area contributed by atoms with Crippen LogP contribution in [0.1, 0.15) is 11.1 Å². The summed E-state index contributed by atoms with van der Waals surface area (Å²) < 4.78 is 2.66. The maximum Gasteiger partial charge on any atom is 0.234 e. The Labute approximate surface area is 158 Å². The predicted octanol–water partition coefficient (Wildman–Crippen LogP) is 3.77. The Bertz CT molecular complexity index is 912. The Kier molecular flexibility index (Phi) is 5.50. The molecule has 0 aliphatic carbocycles. The highest BCUT2D eigenvalue weighted by molar-refractivity contribution is 9.10. The van der Waals surface area contributed by atoms with Crippen LogP contribution in [-0.4, -0.2) is 31.9 Å². The van der Waals surface area contributed by atoms with Gasteiger partial charge in [0, 0.05) is 10.2 Å². The van der Waals surface area contributed by atoms with Crippen LogP contribution in [-0.2, 0) is 4.79 Å². The van der Waals surface area contributed by atoms with Crippen LogP contribution in [0.25, 0.3) is 5.69 Å². The molecule has 0 saturated heterocycles. The average Bonchev–Trinajstić information content (AvgIpc) is 3.05. The molecule has 1 aromatic heterocycles. The van der Waals surface area contributed by atoms with Crippen LogP contribution in [0.15, 0.2) is 52.1 Å². The van der Waals surface area contributed by atoms with Crippen LogP contribution >= 0.6 is 27.7 Å². The van der Waals surface area contributed by atoms with Gasteiger partial charge in [0.1, 0.15) is 0 Å². The van der Waals surface area contributed by atoms with Crippen molar-refractivity contribution in [2.75, 3.05) is 11.1 Å². The largest absolute Gasteiger partial charge is 0.325 e. The monoisotopic (exact) mass is 417 g/mol. The lowest BCUT2D eigenvalue weighted by molar-refractivity contribution is -0.113. The van der Waals surface area contributed by atoms with Gasteiger partial charge in [0.05, 0.1) is 11.4 Å². The minimum Gasteiger partial charge on any atom is -0.325 e. The van der Waals surface area contributed by atoms with E-state index in [-0.39, 0.29) is 11.7 Å². The zero-order valence-electron chi connectivity index (χ0n) is 13.7. The standard InChI is InChI=1S/C17H16BrN5OS/c1-11-5-3-4-6-15(11)23-17(20-21-22-23)25-10-16(24)19-13-7-8-14(18)12(2)9-13/h3-9H,10H2,1-2H3,(H,19,24). The van der Waals surface area contributed by atoms with Crippen LogP contribution in [0.3, 0.4) is 0 Å². The van der Waals surface area contributed by atoms with E-state index in [9.17, 15) is 4.79 Å². The first kappa shape index (κ1) is 17.6. The molecule has 0 unspecified atom stereocenters. The van der Waals surface area contributed by atoms with E-state index in [1.807, 2.05) is 56.3 Å². The first-order chi connectivity index (χ1) is 12.0. The number of aromatic nitrogens is 4. The van der Waals surface area contributed by atoms with E-state index >= 15 is 0 Å². The zero-order chi connectivity index (χ0) is 17.8. The molecule has 1 amide bonds. The molecule has 0 aliphatic heterocycles. The fourth-order valence-corrected chi connectivity index (χ4v) is 3.20. The van der Waals surface area contributed by atoms with Gasteiger partial charge in [0.25, 0.3) is 0 Å². The van der Waals surface area contributed by atoms with E-state index in [1.54, 1.807) is 4.68 Å². The number of anilines is 1. The Balaban J connectivity index is 1.66. The molecular formula is C17H16BrN5OS. The minimum absolute atomic E-state index is 0.106. The number of halogens is 1. The number of thioether (sulfide) groups is 1. The topological polar surface area (TPSA) is 72.7 Å². The summed E-state index contributed by atoms with van der Waals surface area (Å²) in [6.07, 6.45) is 0. The number of nitrogens with one attached hydrogen (secondary N) is 1. The molecule has 2 aromatic carbocycles. The lowest BCUT2D eigenvalue weighted by Gasteiger charge is -2.08. The maximum absolute atomic E-state index is 12.2. The summed E-state index contributed by atoms with van der Waals surface area (Å²) in [5.41, 5.74) is 3.80. The Morgan fingerprint density at radius 2 is 2.00 bits per heavy atom. The van der Waals surface area contributed by atoms with Crippen LogP contribution < -0.4 is 5.32 Å². The lowest BCUT2D eigenvalue weighted by Crippen LogP contribution is -2.14. The summed E-state index contributed by atoms with van der Waals surface area (Å²) in [4.78, 5) is 12.2. The van der Waals surface area contributed by atoms with Crippen molar-refractivity contribution in [1.82, 2.24) is 20.2 Å². The number of aryl methyl sites for hydroxylation is 2. The van der Waals surface area contributed by atoms with Crippen molar-refractivity contribution in [1.29, 1.82) is 0 Å². The normalized spacial score (nSPS) is 10.7. The molecule has 0 saturated carbocycles. The van der Waals surface area contributed by atoms with Gasteiger partial charge in [-0.25, -0.2) is 0 Å². The molecule has 0 spiro atoms. The van der Waals surface area contributed by atoms with Crippen LogP contribution in [0.4, 0.5) is 5.69 Å². The van der Waals surface area contributed by atoms with Crippen molar-refractivity contribution >= 4 is 39.3 Å². The molecule has 1 heterocycles. The number of carbonyl (C=O) groups is 1. The highest BCUT2D eigenvalue weighted by Gasteiger charge is 2.13. The van der Waals surface area contributed by atoms with Crippen LogP contribution in [0.5, 0.6) is 0 Å². The Morgan fingerprint density at radius 1 is 1.20 bits per heavy atom. The first-order valence-electron chi connectivity index (χ1n) is 7.58. The molecule has 3 aromatic rings. The summed E-state index contributed by atoms with van der Waals surface area (Å²) in [6.45, 7) is 3.97. The van der Waals surface area contributed by atoms with E-state index in [2.05, 4.69) is 36.8 Å². The Hall–Kier alpha value is -2.19. The van der Waals surface area contributed by atoms with Gasteiger partial charge in [-0.2, -0.15) is 4.68 Å². The summed E-state index contributed by atoms with van der Waals surface area (Å²) in [6, 6.07) is 13.5. The maximum atomic E-state index is 12.2. The highest BCUT2D eigenvalue weighted by Crippen LogP contribution is 2.22. The Morgan fingerprint density at radius 3 is 2.76 bits per heavy atom. The third kappa shape index (κ3) is 4.26. The smallest absolute Gasteiger partial charge is 0.234 e. The third-order valence-corrected chi connectivity index (χ3v) is 5.37. The number of rotatable bonds is 5. The number of amides is 1. The quantitative estimate of drug-likeness (QED) is 0.639. The van der Waals surface area contributed by atoms with E-state index in [4.69, 9.17) is 0 Å². The molecule has 6 nitrogen and oxygen atoms in total. The molecular weight excluding hydrogens is 402 g/mol. The van der Waals surface area contributed by atoms with Crippen molar-refractivity contribution in [3.05, 3.63) is 58.1 Å². The van der Waals surface area contributed by atoms with E-state index in [1.165, 1.54) is 11.8 Å². The van der Waals surface area contributed by atoms with E-state index in [0.717, 1.165) is 27.0 Å². The van der Waals surface area contributed by atoms with Crippen molar-refractivity contribution < 1.29 is 4.79 Å². The van der Waals surface area contributed by atoms with Gasteiger partial charge in [0.2, 0.25) is 11.1 Å². The minimum atomic E-state index is -0.106. The second kappa shape index (κ2) is 7.79. The van der Waals surface area contributed by atoms with Crippen molar-refractivity contribution in [2.45, 2.75) is 19.0 Å². The zero-order valence-corrected chi connectivity index (χ0v) is 16.1. The molecule has 0 radical (unpaired) electrons. The third-order valence-electron chi connectivity index (χ3n) is 3.56. The number of nitrogens with zero attached hydrogens (tertiary/aromatic N) is 4. The summed E-state index contributed by atoms with van der Waals surface area (Å²) >= 11 is 4.74. The van der Waals surface area contributed by atoms with Crippen LogP contribution in [0.2, 0.25) is 0 Å².